The molecule has 2 aromatic carbocycles. The number of hydrogen-bond acceptors (Lipinski definition) is 6. The minimum Gasteiger partial charge on any atom is -0.497 e. The van der Waals surface area contributed by atoms with Crippen molar-refractivity contribution < 1.29 is 14.3 Å². The Labute approximate surface area is 172 Å². The number of amides is 1. The molecule has 7 nitrogen and oxygen atoms in total. The number of carbonyl (C=O) groups excluding carboxylic acids is 1. The maximum Gasteiger partial charge on any atom is 0.230 e. The summed E-state index contributed by atoms with van der Waals surface area (Å²) in [7, 11) is 1.62. The highest BCUT2D eigenvalue weighted by Crippen LogP contribution is 2.21. The lowest BCUT2D eigenvalue weighted by Crippen LogP contribution is -2.29. The number of rotatable bonds is 9. The molecule has 1 aromatic heterocycles. The van der Waals surface area contributed by atoms with Crippen LogP contribution in [0.4, 0.5) is 0 Å². The molecule has 0 aliphatic rings. The van der Waals surface area contributed by atoms with E-state index in [2.05, 4.69) is 15.5 Å². The number of nitrogens with zero attached hydrogens (tertiary/aromatic N) is 3. The summed E-state index contributed by atoms with van der Waals surface area (Å²) in [6.07, 6.45) is 1.61. The number of halogens is 1. The lowest BCUT2D eigenvalue weighted by molar-refractivity contribution is -0.118. The molecule has 0 atom stereocenters. The molecule has 0 saturated carbocycles. The Bertz CT molecular complexity index is 900. The summed E-state index contributed by atoms with van der Waals surface area (Å²) in [6.45, 7) is 0.785. The summed E-state index contributed by atoms with van der Waals surface area (Å²) in [5.74, 6) is 1.61. The number of nitrogens with one attached hydrogen (secondary N) is 1. The highest BCUT2D eigenvalue weighted by molar-refractivity contribution is 7.99. The Kier molecular flexibility index (Phi) is 7.16. The fourth-order valence-electron chi connectivity index (χ4n) is 2.31. The Balaban J connectivity index is 1.43. The van der Waals surface area contributed by atoms with Gasteiger partial charge in [0.05, 0.1) is 19.4 Å². The second-order valence-electron chi connectivity index (χ2n) is 5.62. The molecule has 1 heterocycles. The van der Waals surface area contributed by atoms with E-state index in [-0.39, 0.29) is 11.7 Å². The molecule has 0 radical (unpaired) electrons. The van der Waals surface area contributed by atoms with Crippen molar-refractivity contribution in [3.05, 3.63) is 59.9 Å². The highest BCUT2D eigenvalue weighted by atomic mass is 35.5. The minimum absolute atomic E-state index is 0.103. The summed E-state index contributed by atoms with van der Waals surface area (Å²) in [4.78, 5) is 12.0. The third kappa shape index (κ3) is 5.64. The smallest absolute Gasteiger partial charge is 0.230 e. The molecule has 1 N–H and O–H groups in total. The van der Waals surface area contributed by atoms with Crippen molar-refractivity contribution in [1.29, 1.82) is 0 Å². The van der Waals surface area contributed by atoms with Crippen LogP contribution >= 0.6 is 23.4 Å². The zero-order valence-electron chi connectivity index (χ0n) is 15.2. The van der Waals surface area contributed by atoms with Gasteiger partial charge in [0.15, 0.2) is 5.16 Å². The van der Waals surface area contributed by atoms with Gasteiger partial charge < -0.3 is 14.8 Å². The molecule has 0 saturated heterocycles. The van der Waals surface area contributed by atoms with Gasteiger partial charge in [0, 0.05) is 10.7 Å². The molecular formula is C19H19ClN4O3S. The van der Waals surface area contributed by atoms with Crippen LogP contribution in [0.3, 0.4) is 0 Å². The number of aromatic nitrogens is 3. The predicted octanol–water partition coefficient (Wildman–Crippen LogP) is 3.22. The molecule has 0 spiro atoms. The van der Waals surface area contributed by atoms with Crippen molar-refractivity contribution in [2.45, 2.75) is 5.16 Å². The Hall–Kier alpha value is -2.71. The third-order valence-electron chi connectivity index (χ3n) is 3.71. The highest BCUT2D eigenvalue weighted by Gasteiger charge is 2.10. The molecule has 1 amide bonds. The summed E-state index contributed by atoms with van der Waals surface area (Å²) in [6, 6.07) is 14.6. The van der Waals surface area contributed by atoms with Crippen LogP contribution in [-0.2, 0) is 4.79 Å². The van der Waals surface area contributed by atoms with E-state index in [0.29, 0.717) is 29.1 Å². The van der Waals surface area contributed by atoms with E-state index < -0.39 is 0 Å². The Morgan fingerprint density at radius 1 is 1.14 bits per heavy atom. The zero-order chi connectivity index (χ0) is 19.8. The van der Waals surface area contributed by atoms with Gasteiger partial charge in [0.25, 0.3) is 0 Å². The first-order valence-corrected chi connectivity index (χ1v) is 9.84. The average Bonchev–Trinajstić information content (AvgIpc) is 3.19. The number of benzene rings is 2. The predicted molar refractivity (Wildman–Crippen MR) is 109 cm³/mol. The molecular weight excluding hydrogens is 400 g/mol. The zero-order valence-corrected chi connectivity index (χ0v) is 16.7. The fourth-order valence-corrected chi connectivity index (χ4v) is 3.20. The average molecular weight is 419 g/mol. The standard InChI is InChI=1S/C19H19ClN4O3S/c1-26-16-8-4-15(5-9-16)24-13-22-23-19(24)28-12-18(25)21-10-11-27-17-6-2-14(20)3-7-17/h2-9,13H,10-12H2,1H3,(H,21,25). The van der Waals surface area contributed by atoms with Crippen molar-refractivity contribution in [3.63, 3.8) is 0 Å². The van der Waals surface area contributed by atoms with Crippen molar-refractivity contribution >= 4 is 29.3 Å². The van der Waals surface area contributed by atoms with Gasteiger partial charge in [0.1, 0.15) is 24.4 Å². The van der Waals surface area contributed by atoms with Gasteiger partial charge in [-0.05, 0) is 48.5 Å². The lowest BCUT2D eigenvalue weighted by atomic mass is 10.3. The summed E-state index contributed by atoms with van der Waals surface area (Å²) >= 11 is 7.14. The first kappa shape index (κ1) is 20.0. The first-order chi connectivity index (χ1) is 13.7. The molecule has 0 aliphatic heterocycles. The molecule has 9 heteroatoms. The molecule has 3 aromatic rings. The quantitative estimate of drug-likeness (QED) is 0.424. The molecule has 0 unspecified atom stereocenters. The third-order valence-corrected chi connectivity index (χ3v) is 4.90. The van der Waals surface area contributed by atoms with Gasteiger partial charge in [-0.3, -0.25) is 9.36 Å². The number of hydrogen-bond donors (Lipinski definition) is 1. The maximum absolute atomic E-state index is 12.0. The molecule has 0 fully saturated rings. The summed E-state index contributed by atoms with van der Waals surface area (Å²) in [5, 5.41) is 12.1. The molecule has 0 aliphatic carbocycles. The second kappa shape index (κ2) is 10.0. The topological polar surface area (TPSA) is 78.3 Å². The first-order valence-electron chi connectivity index (χ1n) is 8.48. The van der Waals surface area contributed by atoms with E-state index in [9.17, 15) is 4.79 Å². The second-order valence-corrected chi connectivity index (χ2v) is 7.00. The fraction of sp³-hybridized carbons (Fsp3) is 0.211. The number of ether oxygens (including phenoxy) is 2. The van der Waals surface area contributed by atoms with Gasteiger partial charge in [-0.15, -0.1) is 10.2 Å². The monoisotopic (exact) mass is 418 g/mol. The van der Waals surface area contributed by atoms with E-state index in [4.69, 9.17) is 21.1 Å². The number of methoxy groups -OCH3 is 1. The van der Waals surface area contributed by atoms with Crippen LogP contribution in [0.5, 0.6) is 11.5 Å². The van der Waals surface area contributed by atoms with Crippen molar-refractivity contribution in [2.75, 3.05) is 26.0 Å². The van der Waals surface area contributed by atoms with Crippen LogP contribution in [0.2, 0.25) is 5.02 Å². The van der Waals surface area contributed by atoms with E-state index in [0.717, 1.165) is 11.4 Å². The van der Waals surface area contributed by atoms with Crippen LogP contribution in [0.15, 0.2) is 60.0 Å². The van der Waals surface area contributed by atoms with Gasteiger partial charge in [-0.1, -0.05) is 23.4 Å². The largest absolute Gasteiger partial charge is 0.497 e. The van der Waals surface area contributed by atoms with Gasteiger partial charge >= 0.3 is 0 Å². The van der Waals surface area contributed by atoms with Crippen LogP contribution < -0.4 is 14.8 Å². The molecule has 28 heavy (non-hydrogen) atoms. The van der Waals surface area contributed by atoms with Crippen LogP contribution in [-0.4, -0.2) is 46.7 Å². The molecule has 3 rings (SSSR count). The van der Waals surface area contributed by atoms with E-state index >= 15 is 0 Å². The van der Waals surface area contributed by atoms with Crippen LogP contribution in [0, 0.1) is 0 Å². The van der Waals surface area contributed by atoms with E-state index in [1.165, 1.54) is 11.8 Å². The Morgan fingerprint density at radius 3 is 2.57 bits per heavy atom. The molecule has 0 bridgehead atoms. The van der Waals surface area contributed by atoms with Crippen molar-refractivity contribution in [2.24, 2.45) is 0 Å². The van der Waals surface area contributed by atoms with Crippen LogP contribution in [0.25, 0.3) is 5.69 Å². The normalized spacial score (nSPS) is 10.5. The molecule has 146 valence electrons. The van der Waals surface area contributed by atoms with E-state index in [1.807, 2.05) is 28.8 Å². The van der Waals surface area contributed by atoms with Crippen molar-refractivity contribution in [3.8, 4) is 17.2 Å². The van der Waals surface area contributed by atoms with Crippen molar-refractivity contribution in [1.82, 2.24) is 20.1 Å². The lowest BCUT2D eigenvalue weighted by Gasteiger charge is -2.09. The van der Waals surface area contributed by atoms with Gasteiger partial charge in [-0.2, -0.15) is 0 Å². The Morgan fingerprint density at radius 2 is 1.86 bits per heavy atom. The number of carbonyl (C=O) groups is 1. The number of thioether (sulfide) groups is 1. The van der Waals surface area contributed by atoms with Crippen LogP contribution in [0.1, 0.15) is 0 Å². The van der Waals surface area contributed by atoms with E-state index in [1.54, 1.807) is 37.7 Å². The SMILES string of the molecule is COc1ccc(-n2cnnc2SCC(=O)NCCOc2ccc(Cl)cc2)cc1. The summed E-state index contributed by atoms with van der Waals surface area (Å²) in [5.41, 5.74) is 0.894. The van der Waals surface area contributed by atoms with Gasteiger partial charge in [0.2, 0.25) is 5.91 Å². The summed E-state index contributed by atoms with van der Waals surface area (Å²) < 4.78 is 12.5. The van der Waals surface area contributed by atoms with Gasteiger partial charge in [-0.25, -0.2) is 0 Å². The minimum atomic E-state index is -0.103. The maximum atomic E-state index is 12.0.